The van der Waals surface area contributed by atoms with Gasteiger partial charge in [-0.05, 0) is 13.8 Å². The quantitative estimate of drug-likeness (QED) is 0.759. The summed E-state index contributed by atoms with van der Waals surface area (Å²) in [4.78, 5) is 4.17. The number of oxazole rings is 1. The van der Waals surface area contributed by atoms with Gasteiger partial charge in [0.2, 0.25) is 0 Å². The summed E-state index contributed by atoms with van der Waals surface area (Å²) < 4.78 is 5.00. The number of rotatable bonds is 1. The van der Waals surface area contributed by atoms with Crippen molar-refractivity contribution >= 4 is 15.9 Å². The Bertz CT molecular complexity index is 226. The summed E-state index contributed by atoms with van der Waals surface area (Å²) in [6.45, 7) is 3.28. The van der Waals surface area contributed by atoms with Crippen molar-refractivity contribution in [1.29, 1.82) is 0 Å². The van der Waals surface area contributed by atoms with Crippen LogP contribution in [0, 0.1) is 0 Å². The number of aromatic nitrogens is 1. The van der Waals surface area contributed by atoms with Crippen LogP contribution in [-0.2, 0) is 5.60 Å². The van der Waals surface area contributed by atoms with Gasteiger partial charge in [-0.15, -0.1) is 0 Å². The lowest BCUT2D eigenvalue weighted by atomic mass is 10.1. The first-order chi connectivity index (χ1) is 4.50. The fourth-order valence-corrected chi connectivity index (χ4v) is 0.812. The molecule has 0 atom stereocenters. The second kappa shape index (κ2) is 2.36. The van der Waals surface area contributed by atoms with Crippen molar-refractivity contribution in [3.8, 4) is 0 Å². The van der Waals surface area contributed by atoms with Gasteiger partial charge in [-0.2, -0.15) is 0 Å². The maximum Gasteiger partial charge on any atom is 0.264 e. The van der Waals surface area contributed by atoms with Gasteiger partial charge in [-0.1, -0.05) is 0 Å². The molecular formula is C6H8BrNO2. The van der Waals surface area contributed by atoms with Crippen LogP contribution in [0.3, 0.4) is 0 Å². The number of nitrogens with zero attached hydrogens (tertiary/aromatic N) is 1. The molecule has 0 radical (unpaired) electrons. The molecule has 0 unspecified atom stereocenters. The van der Waals surface area contributed by atoms with Gasteiger partial charge >= 0.3 is 0 Å². The third kappa shape index (κ3) is 1.58. The average molecular weight is 206 g/mol. The molecule has 1 aromatic rings. The van der Waals surface area contributed by atoms with Gasteiger partial charge in [0.25, 0.3) is 4.80 Å². The molecule has 0 saturated carbocycles. The fourth-order valence-electron chi connectivity index (χ4n) is 0.536. The van der Waals surface area contributed by atoms with Gasteiger partial charge in [0.1, 0.15) is 5.60 Å². The van der Waals surface area contributed by atoms with Gasteiger partial charge in [0.15, 0.2) is 5.76 Å². The predicted molar refractivity (Wildman–Crippen MR) is 39.4 cm³/mol. The zero-order valence-corrected chi connectivity index (χ0v) is 7.34. The van der Waals surface area contributed by atoms with Gasteiger partial charge < -0.3 is 9.52 Å². The number of hydrogen-bond acceptors (Lipinski definition) is 3. The Morgan fingerprint density at radius 3 is 2.50 bits per heavy atom. The molecular weight excluding hydrogens is 198 g/mol. The van der Waals surface area contributed by atoms with E-state index in [1.54, 1.807) is 13.8 Å². The summed E-state index contributed by atoms with van der Waals surface area (Å²) in [5, 5.41) is 9.35. The van der Waals surface area contributed by atoms with E-state index >= 15 is 0 Å². The first kappa shape index (κ1) is 7.75. The number of hydrogen-bond donors (Lipinski definition) is 1. The van der Waals surface area contributed by atoms with Crippen LogP contribution in [-0.4, -0.2) is 10.1 Å². The second-order valence-corrected chi connectivity index (χ2v) is 3.21. The van der Waals surface area contributed by atoms with E-state index in [0.29, 0.717) is 10.6 Å². The Hall–Kier alpha value is -0.350. The van der Waals surface area contributed by atoms with Crippen LogP contribution < -0.4 is 0 Å². The summed E-state index contributed by atoms with van der Waals surface area (Å²) >= 11 is 3.04. The van der Waals surface area contributed by atoms with Crippen LogP contribution in [0.15, 0.2) is 15.4 Å². The zero-order valence-electron chi connectivity index (χ0n) is 5.76. The van der Waals surface area contributed by atoms with Crippen molar-refractivity contribution in [3.63, 3.8) is 0 Å². The van der Waals surface area contributed by atoms with E-state index in [1.807, 2.05) is 0 Å². The van der Waals surface area contributed by atoms with Crippen LogP contribution in [0.1, 0.15) is 19.6 Å². The Morgan fingerprint density at radius 2 is 2.30 bits per heavy atom. The first-order valence-corrected chi connectivity index (χ1v) is 3.63. The standard InChI is InChI=1S/C6H8BrNO2/c1-6(2,9)4-3-8-5(7)10-4/h3,9H,1-2H3. The van der Waals surface area contributed by atoms with Crippen LogP contribution >= 0.6 is 15.9 Å². The fraction of sp³-hybridized carbons (Fsp3) is 0.500. The Kier molecular flexibility index (Phi) is 1.83. The Labute approximate surface area is 67.2 Å². The van der Waals surface area contributed by atoms with Crippen LogP contribution in [0.25, 0.3) is 0 Å². The van der Waals surface area contributed by atoms with E-state index in [-0.39, 0.29) is 0 Å². The lowest BCUT2D eigenvalue weighted by Gasteiger charge is -2.11. The minimum atomic E-state index is -0.945. The Balaban J connectivity index is 2.96. The van der Waals surface area contributed by atoms with E-state index in [2.05, 4.69) is 20.9 Å². The lowest BCUT2D eigenvalue weighted by molar-refractivity contribution is 0.0532. The number of halogens is 1. The summed E-state index contributed by atoms with van der Waals surface area (Å²) in [7, 11) is 0. The Morgan fingerprint density at radius 1 is 1.70 bits per heavy atom. The van der Waals surface area contributed by atoms with E-state index in [9.17, 15) is 5.11 Å². The third-order valence-electron chi connectivity index (χ3n) is 1.08. The van der Waals surface area contributed by atoms with Crippen molar-refractivity contribution in [2.24, 2.45) is 0 Å². The molecule has 0 saturated heterocycles. The summed E-state index contributed by atoms with van der Waals surface area (Å²) in [6.07, 6.45) is 1.49. The molecule has 1 aromatic heterocycles. The van der Waals surface area contributed by atoms with Crippen LogP contribution in [0.2, 0.25) is 0 Å². The summed E-state index contributed by atoms with van der Waals surface area (Å²) in [5.41, 5.74) is -0.945. The van der Waals surface area contributed by atoms with Gasteiger partial charge in [0, 0.05) is 15.9 Å². The van der Waals surface area contributed by atoms with Crippen molar-refractivity contribution in [2.45, 2.75) is 19.4 Å². The molecule has 0 fully saturated rings. The van der Waals surface area contributed by atoms with Crippen molar-refractivity contribution < 1.29 is 9.52 Å². The normalized spacial score (nSPS) is 12.0. The molecule has 4 heteroatoms. The largest absolute Gasteiger partial charge is 0.433 e. The molecule has 0 aliphatic heterocycles. The first-order valence-electron chi connectivity index (χ1n) is 2.84. The lowest BCUT2D eigenvalue weighted by Crippen LogP contribution is -2.13. The zero-order chi connectivity index (χ0) is 7.78. The van der Waals surface area contributed by atoms with E-state index in [0.717, 1.165) is 0 Å². The van der Waals surface area contributed by atoms with Crippen molar-refractivity contribution in [2.75, 3.05) is 0 Å². The van der Waals surface area contributed by atoms with E-state index < -0.39 is 5.60 Å². The topological polar surface area (TPSA) is 46.3 Å². The van der Waals surface area contributed by atoms with Crippen LogP contribution in [0.4, 0.5) is 0 Å². The maximum absolute atomic E-state index is 9.35. The van der Waals surface area contributed by atoms with Gasteiger partial charge in [0.05, 0.1) is 6.20 Å². The molecule has 1 rings (SSSR count). The molecule has 0 bridgehead atoms. The van der Waals surface area contributed by atoms with E-state index in [1.165, 1.54) is 6.20 Å². The average Bonchev–Trinajstić information content (AvgIpc) is 2.11. The second-order valence-electron chi connectivity index (χ2n) is 2.54. The molecule has 1 heterocycles. The summed E-state index contributed by atoms with van der Waals surface area (Å²) in [6, 6.07) is 0. The molecule has 56 valence electrons. The monoisotopic (exact) mass is 205 g/mol. The predicted octanol–water partition coefficient (Wildman–Crippen LogP) is 1.66. The highest BCUT2D eigenvalue weighted by atomic mass is 79.9. The molecule has 1 N–H and O–H groups in total. The summed E-state index contributed by atoms with van der Waals surface area (Å²) in [5.74, 6) is 0.458. The highest BCUT2D eigenvalue weighted by Gasteiger charge is 2.20. The molecule has 0 aliphatic rings. The molecule has 10 heavy (non-hydrogen) atoms. The van der Waals surface area contributed by atoms with Crippen LogP contribution in [0.5, 0.6) is 0 Å². The molecule has 0 aliphatic carbocycles. The highest BCUT2D eigenvalue weighted by molar-refractivity contribution is 9.10. The molecule has 0 spiro atoms. The minimum Gasteiger partial charge on any atom is -0.433 e. The third-order valence-corrected chi connectivity index (χ3v) is 1.45. The van der Waals surface area contributed by atoms with Crippen molar-refractivity contribution in [1.82, 2.24) is 4.98 Å². The minimum absolute atomic E-state index is 0.393. The SMILES string of the molecule is CC(C)(O)c1cnc(Br)o1. The van der Waals surface area contributed by atoms with Crippen molar-refractivity contribution in [3.05, 3.63) is 16.8 Å². The van der Waals surface area contributed by atoms with Gasteiger partial charge in [-0.25, -0.2) is 4.98 Å². The molecule has 0 aromatic carbocycles. The smallest absolute Gasteiger partial charge is 0.264 e. The maximum atomic E-state index is 9.35. The number of aliphatic hydroxyl groups is 1. The molecule has 3 nitrogen and oxygen atoms in total. The van der Waals surface area contributed by atoms with Gasteiger partial charge in [-0.3, -0.25) is 0 Å². The highest BCUT2D eigenvalue weighted by Crippen LogP contribution is 2.21. The molecule has 0 amide bonds. The van der Waals surface area contributed by atoms with E-state index in [4.69, 9.17) is 4.42 Å².